The van der Waals surface area contributed by atoms with Crippen molar-refractivity contribution >= 4 is 9.84 Å². The molecule has 1 aromatic carbocycles. The first-order valence-electron chi connectivity index (χ1n) is 7.35. The molecule has 1 unspecified atom stereocenters. The van der Waals surface area contributed by atoms with Gasteiger partial charge in [-0.2, -0.15) is 0 Å². The fourth-order valence-corrected chi connectivity index (χ4v) is 2.83. The number of fused-ring (bicyclic) bond motifs is 1. The molecule has 6 heteroatoms. The summed E-state index contributed by atoms with van der Waals surface area (Å²) in [7, 11) is -3.23. The van der Waals surface area contributed by atoms with E-state index >= 15 is 0 Å². The van der Waals surface area contributed by atoms with Gasteiger partial charge < -0.3 is 14.8 Å². The Morgan fingerprint density at radius 1 is 1.29 bits per heavy atom. The van der Waals surface area contributed by atoms with Crippen molar-refractivity contribution in [1.29, 1.82) is 0 Å². The zero-order valence-corrected chi connectivity index (χ0v) is 13.4. The Balaban J connectivity index is 1.93. The maximum Gasteiger partial charge on any atom is 0.175 e. The Morgan fingerprint density at radius 2 is 2.10 bits per heavy atom. The van der Waals surface area contributed by atoms with E-state index in [1.54, 1.807) is 12.1 Å². The minimum absolute atomic E-state index is 0.0889. The molecule has 0 fully saturated rings. The van der Waals surface area contributed by atoms with Crippen LogP contribution in [0.2, 0.25) is 0 Å². The van der Waals surface area contributed by atoms with E-state index in [0.717, 1.165) is 13.0 Å². The smallest absolute Gasteiger partial charge is 0.175 e. The SMILES string of the molecule is CCCCCNCC1COc2ccc(S(C)(=O)=O)cc2O1. The number of unbranched alkanes of at least 4 members (excludes halogenated alkanes) is 2. The van der Waals surface area contributed by atoms with Gasteiger partial charge >= 0.3 is 0 Å². The van der Waals surface area contributed by atoms with Crippen LogP contribution < -0.4 is 14.8 Å². The zero-order valence-electron chi connectivity index (χ0n) is 12.6. The van der Waals surface area contributed by atoms with Gasteiger partial charge in [0.25, 0.3) is 0 Å². The van der Waals surface area contributed by atoms with Crippen molar-refractivity contribution < 1.29 is 17.9 Å². The third-order valence-corrected chi connectivity index (χ3v) is 4.50. The van der Waals surface area contributed by atoms with Crippen LogP contribution in [0.4, 0.5) is 0 Å². The third-order valence-electron chi connectivity index (χ3n) is 3.39. The van der Waals surface area contributed by atoms with Crippen molar-refractivity contribution in [2.24, 2.45) is 0 Å². The molecule has 5 nitrogen and oxygen atoms in total. The van der Waals surface area contributed by atoms with Crippen LogP contribution in [0.15, 0.2) is 23.1 Å². The summed E-state index contributed by atoms with van der Waals surface area (Å²) in [6.07, 6.45) is 4.67. The molecule has 118 valence electrons. The molecule has 0 bridgehead atoms. The molecule has 1 aliphatic rings. The predicted molar refractivity (Wildman–Crippen MR) is 81.9 cm³/mol. The number of benzene rings is 1. The first-order chi connectivity index (χ1) is 10.0. The second-order valence-corrected chi connectivity index (χ2v) is 7.36. The van der Waals surface area contributed by atoms with Crippen molar-refractivity contribution in [2.45, 2.75) is 37.2 Å². The number of hydrogen-bond donors (Lipinski definition) is 1. The Morgan fingerprint density at radius 3 is 2.81 bits per heavy atom. The fraction of sp³-hybridized carbons (Fsp3) is 0.600. The normalized spacial score (nSPS) is 17.7. The molecular formula is C15H23NO4S. The van der Waals surface area contributed by atoms with E-state index < -0.39 is 9.84 Å². The summed E-state index contributed by atoms with van der Waals surface area (Å²) >= 11 is 0. The van der Waals surface area contributed by atoms with Crippen LogP contribution in [0.1, 0.15) is 26.2 Å². The van der Waals surface area contributed by atoms with E-state index in [4.69, 9.17) is 9.47 Å². The van der Waals surface area contributed by atoms with Gasteiger partial charge in [-0.1, -0.05) is 19.8 Å². The summed E-state index contributed by atoms with van der Waals surface area (Å²) in [4.78, 5) is 0.251. The van der Waals surface area contributed by atoms with Gasteiger partial charge in [0, 0.05) is 18.9 Å². The minimum atomic E-state index is -3.23. The van der Waals surface area contributed by atoms with Gasteiger partial charge in [0.05, 0.1) is 4.90 Å². The molecule has 1 N–H and O–H groups in total. The van der Waals surface area contributed by atoms with Crippen LogP contribution in [0.25, 0.3) is 0 Å². The lowest BCUT2D eigenvalue weighted by Gasteiger charge is -2.27. The summed E-state index contributed by atoms with van der Waals surface area (Å²) in [5.41, 5.74) is 0. The molecule has 1 heterocycles. The van der Waals surface area contributed by atoms with E-state index in [1.165, 1.54) is 25.2 Å². The summed E-state index contributed by atoms with van der Waals surface area (Å²) < 4.78 is 34.6. The Hall–Kier alpha value is -1.27. The minimum Gasteiger partial charge on any atom is -0.486 e. The highest BCUT2D eigenvalue weighted by molar-refractivity contribution is 7.90. The second kappa shape index (κ2) is 7.13. The first kappa shape index (κ1) is 16.1. The van der Waals surface area contributed by atoms with Crippen LogP contribution in [0.3, 0.4) is 0 Å². The Labute approximate surface area is 126 Å². The quantitative estimate of drug-likeness (QED) is 0.780. The molecular weight excluding hydrogens is 290 g/mol. The van der Waals surface area contributed by atoms with Crippen molar-refractivity contribution in [3.63, 3.8) is 0 Å². The lowest BCUT2D eigenvalue weighted by atomic mass is 10.2. The summed E-state index contributed by atoms with van der Waals surface area (Å²) in [5.74, 6) is 1.11. The summed E-state index contributed by atoms with van der Waals surface area (Å²) in [5, 5.41) is 3.34. The van der Waals surface area contributed by atoms with Crippen LogP contribution >= 0.6 is 0 Å². The van der Waals surface area contributed by atoms with Gasteiger partial charge in [0.15, 0.2) is 21.3 Å². The monoisotopic (exact) mass is 313 g/mol. The lowest BCUT2D eigenvalue weighted by Crippen LogP contribution is -2.38. The van der Waals surface area contributed by atoms with Gasteiger partial charge in [-0.3, -0.25) is 0 Å². The van der Waals surface area contributed by atoms with Gasteiger partial charge in [-0.15, -0.1) is 0 Å². The van der Waals surface area contributed by atoms with Crippen LogP contribution in [0, 0.1) is 0 Å². The molecule has 0 aromatic heterocycles. The summed E-state index contributed by atoms with van der Waals surface area (Å²) in [6, 6.07) is 4.73. The maximum absolute atomic E-state index is 11.6. The largest absolute Gasteiger partial charge is 0.486 e. The fourth-order valence-electron chi connectivity index (χ4n) is 2.19. The molecule has 1 atom stereocenters. The number of sulfone groups is 1. The maximum atomic E-state index is 11.6. The van der Waals surface area contributed by atoms with Crippen molar-refractivity contribution in [2.75, 3.05) is 26.0 Å². The third kappa shape index (κ3) is 4.61. The molecule has 2 rings (SSSR count). The zero-order chi connectivity index (χ0) is 15.3. The van der Waals surface area contributed by atoms with E-state index in [1.807, 2.05) is 0 Å². The topological polar surface area (TPSA) is 64.6 Å². The number of hydrogen-bond acceptors (Lipinski definition) is 5. The Kier molecular flexibility index (Phi) is 5.47. The van der Waals surface area contributed by atoms with E-state index in [-0.39, 0.29) is 11.0 Å². The van der Waals surface area contributed by atoms with Gasteiger partial charge in [0.2, 0.25) is 0 Å². The number of rotatable bonds is 7. The molecule has 0 saturated heterocycles. The standard InChI is InChI=1S/C15H23NO4S/c1-3-4-5-8-16-10-12-11-19-14-7-6-13(21(2,17)18)9-15(14)20-12/h6-7,9,12,16H,3-5,8,10-11H2,1-2H3. The van der Waals surface area contributed by atoms with Crippen LogP contribution in [0.5, 0.6) is 11.5 Å². The lowest BCUT2D eigenvalue weighted by molar-refractivity contribution is 0.0901. The number of nitrogens with one attached hydrogen (secondary N) is 1. The van der Waals surface area contributed by atoms with Gasteiger partial charge in [0.1, 0.15) is 12.7 Å². The highest BCUT2D eigenvalue weighted by Crippen LogP contribution is 2.33. The number of ether oxygens (including phenoxy) is 2. The van der Waals surface area contributed by atoms with Crippen LogP contribution in [-0.2, 0) is 9.84 Å². The second-order valence-electron chi connectivity index (χ2n) is 5.34. The van der Waals surface area contributed by atoms with Crippen molar-refractivity contribution in [1.82, 2.24) is 5.32 Å². The van der Waals surface area contributed by atoms with Gasteiger partial charge in [-0.25, -0.2) is 8.42 Å². The molecule has 1 aromatic rings. The molecule has 21 heavy (non-hydrogen) atoms. The van der Waals surface area contributed by atoms with Crippen molar-refractivity contribution in [3.8, 4) is 11.5 Å². The highest BCUT2D eigenvalue weighted by Gasteiger charge is 2.22. The highest BCUT2D eigenvalue weighted by atomic mass is 32.2. The average molecular weight is 313 g/mol. The van der Waals surface area contributed by atoms with Crippen molar-refractivity contribution in [3.05, 3.63) is 18.2 Å². The molecule has 0 saturated carbocycles. The van der Waals surface area contributed by atoms with Crippen LogP contribution in [-0.4, -0.2) is 40.5 Å². The van der Waals surface area contributed by atoms with E-state index in [0.29, 0.717) is 24.7 Å². The summed E-state index contributed by atoms with van der Waals surface area (Å²) in [6.45, 7) is 4.32. The predicted octanol–water partition coefficient (Wildman–Crippen LogP) is 2.01. The van der Waals surface area contributed by atoms with Gasteiger partial charge in [-0.05, 0) is 25.1 Å². The molecule has 0 radical (unpaired) electrons. The van der Waals surface area contributed by atoms with E-state index in [9.17, 15) is 8.42 Å². The molecule has 0 spiro atoms. The first-order valence-corrected chi connectivity index (χ1v) is 9.24. The molecule has 0 aliphatic carbocycles. The molecule has 1 aliphatic heterocycles. The van der Waals surface area contributed by atoms with E-state index in [2.05, 4.69) is 12.2 Å². The molecule has 0 amide bonds. The average Bonchev–Trinajstić information content (AvgIpc) is 2.45. The Bertz CT molecular complexity index is 571.